The molecule has 5 nitrogen and oxygen atoms in total. The van der Waals surface area contributed by atoms with Crippen LogP contribution < -0.4 is 10.1 Å². The Labute approximate surface area is 218 Å². The highest BCUT2D eigenvalue weighted by Crippen LogP contribution is 2.34. The summed E-state index contributed by atoms with van der Waals surface area (Å²) in [5.41, 5.74) is 6.26. The van der Waals surface area contributed by atoms with Crippen LogP contribution in [0.2, 0.25) is 0 Å². The van der Waals surface area contributed by atoms with Crippen molar-refractivity contribution in [3.05, 3.63) is 75.0 Å². The molecule has 6 heteroatoms. The number of carbonyl (C=O) groups is 2. The molecule has 1 heterocycles. The van der Waals surface area contributed by atoms with Gasteiger partial charge in [0.1, 0.15) is 5.75 Å². The lowest BCUT2D eigenvalue weighted by Gasteiger charge is -2.20. The van der Waals surface area contributed by atoms with Crippen LogP contribution in [0.15, 0.2) is 48.5 Å². The molecule has 2 aromatic carbocycles. The monoisotopic (exact) mass is 507 g/mol. The Balaban J connectivity index is 1.68. The maximum absolute atomic E-state index is 12.3. The van der Waals surface area contributed by atoms with Gasteiger partial charge < -0.3 is 15.2 Å². The van der Waals surface area contributed by atoms with E-state index in [0.29, 0.717) is 11.5 Å². The summed E-state index contributed by atoms with van der Waals surface area (Å²) >= 11 is 1.44. The van der Waals surface area contributed by atoms with Gasteiger partial charge in [-0.2, -0.15) is 0 Å². The normalized spacial score (nSPS) is 12.3. The minimum atomic E-state index is -0.928. The van der Waals surface area contributed by atoms with Gasteiger partial charge in [-0.15, -0.1) is 11.3 Å². The molecule has 0 saturated carbocycles. The molecule has 3 rings (SSSR count). The lowest BCUT2D eigenvalue weighted by Crippen LogP contribution is -2.25. The lowest BCUT2D eigenvalue weighted by atomic mass is 9.85. The van der Waals surface area contributed by atoms with Gasteiger partial charge in [-0.1, -0.05) is 52.0 Å². The highest BCUT2D eigenvalue weighted by Gasteiger charge is 2.18. The first-order chi connectivity index (χ1) is 17.0. The van der Waals surface area contributed by atoms with Crippen molar-refractivity contribution in [2.45, 2.75) is 65.7 Å². The van der Waals surface area contributed by atoms with Crippen molar-refractivity contribution < 1.29 is 19.4 Å². The summed E-state index contributed by atoms with van der Waals surface area (Å²) in [5.74, 6) is -0.148. The number of rotatable bonds is 10. The van der Waals surface area contributed by atoms with Gasteiger partial charge in [0.05, 0.1) is 17.9 Å². The number of aliphatic carboxylic acids is 1. The molecule has 0 saturated heterocycles. The molecule has 3 aromatic rings. The van der Waals surface area contributed by atoms with Gasteiger partial charge in [0.15, 0.2) is 0 Å². The van der Waals surface area contributed by atoms with Crippen molar-refractivity contribution >= 4 is 23.2 Å². The number of carboxylic acids is 1. The molecular formula is C30H37NO4S. The standard InChI is InChI=1S/C30H37NO4S/c1-7-21(25-12-13-26(36-25)29(34)31-15-14-27(32)33)18-35-24-16-19(2)28(20(3)17-24)22-8-10-23(11-9-22)30(4,5)6/h8-13,16-17,21H,7,14-15,18H2,1-6H3,(H,31,34)(H,32,33). The molecule has 1 amide bonds. The van der Waals surface area contributed by atoms with Gasteiger partial charge in [0.2, 0.25) is 0 Å². The molecule has 192 valence electrons. The Hall–Kier alpha value is -3.12. The summed E-state index contributed by atoms with van der Waals surface area (Å²) in [5, 5.41) is 11.4. The maximum atomic E-state index is 12.3. The second-order valence-corrected chi connectivity index (χ2v) is 11.4. The van der Waals surface area contributed by atoms with E-state index >= 15 is 0 Å². The molecule has 1 aromatic heterocycles. The van der Waals surface area contributed by atoms with Crippen molar-refractivity contribution in [2.75, 3.05) is 13.2 Å². The zero-order valence-electron chi connectivity index (χ0n) is 22.1. The second-order valence-electron chi connectivity index (χ2n) is 10.3. The third-order valence-corrected chi connectivity index (χ3v) is 7.61. The summed E-state index contributed by atoms with van der Waals surface area (Å²) in [6.07, 6.45) is 0.798. The Morgan fingerprint density at radius 1 is 1.03 bits per heavy atom. The number of nitrogens with one attached hydrogen (secondary N) is 1. The topological polar surface area (TPSA) is 75.6 Å². The van der Waals surface area contributed by atoms with Crippen molar-refractivity contribution in [2.24, 2.45) is 0 Å². The van der Waals surface area contributed by atoms with Gasteiger partial charge in [-0.05, 0) is 77.8 Å². The van der Waals surface area contributed by atoms with E-state index < -0.39 is 5.97 Å². The molecule has 1 atom stereocenters. The first-order valence-corrected chi connectivity index (χ1v) is 13.3. The fraction of sp³-hybridized carbons (Fsp3) is 0.400. The maximum Gasteiger partial charge on any atom is 0.305 e. The van der Waals surface area contributed by atoms with E-state index in [1.165, 1.54) is 39.2 Å². The van der Waals surface area contributed by atoms with Crippen molar-refractivity contribution in [3.63, 3.8) is 0 Å². The summed E-state index contributed by atoms with van der Waals surface area (Å²) in [6, 6.07) is 16.8. The van der Waals surface area contributed by atoms with Crippen LogP contribution in [-0.2, 0) is 10.2 Å². The van der Waals surface area contributed by atoms with E-state index in [4.69, 9.17) is 9.84 Å². The number of amides is 1. The predicted octanol–water partition coefficient (Wildman–Crippen LogP) is 7.11. The number of hydrogen-bond donors (Lipinski definition) is 2. The van der Waals surface area contributed by atoms with E-state index in [1.807, 2.05) is 6.07 Å². The zero-order chi connectivity index (χ0) is 26.5. The predicted molar refractivity (Wildman–Crippen MR) is 147 cm³/mol. The van der Waals surface area contributed by atoms with Gasteiger partial charge in [-0.25, -0.2) is 0 Å². The Morgan fingerprint density at radius 2 is 1.67 bits per heavy atom. The third kappa shape index (κ3) is 6.97. The van der Waals surface area contributed by atoms with Crippen LogP contribution in [0, 0.1) is 13.8 Å². The molecule has 0 aliphatic rings. The Kier molecular flexibility index (Phi) is 8.96. The number of benzene rings is 2. The van der Waals surface area contributed by atoms with Crippen LogP contribution in [-0.4, -0.2) is 30.1 Å². The van der Waals surface area contributed by atoms with Gasteiger partial charge in [-0.3, -0.25) is 9.59 Å². The summed E-state index contributed by atoms with van der Waals surface area (Å²) in [6.45, 7) is 13.7. The number of ether oxygens (including phenoxy) is 1. The molecule has 0 aliphatic heterocycles. The third-order valence-electron chi connectivity index (χ3n) is 6.37. The van der Waals surface area contributed by atoms with Gasteiger partial charge in [0.25, 0.3) is 5.91 Å². The summed E-state index contributed by atoms with van der Waals surface area (Å²) < 4.78 is 6.23. The molecular weight excluding hydrogens is 470 g/mol. The van der Waals surface area contributed by atoms with Crippen LogP contribution in [0.25, 0.3) is 11.1 Å². The number of carboxylic acid groups (broad SMARTS) is 1. The summed E-state index contributed by atoms with van der Waals surface area (Å²) in [7, 11) is 0. The lowest BCUT2D eigenvalue weighted by molar-refractivity contribution is -0.136. The average Bonchev–Trinajstić information content (AvgIpc) is 3.29. The van der Waals surface area contributed by atoms with Crippen LogP contribution in [0.4, 0.5) is 0 Å². The smallest absolute Gasteiger partial charge is 0.305 e. The Bertz CT molecular complexity index is 1180. The molecule has 2 N–H and O–H groups in total. The number of hydrogen-bond acceptors (Lipinski definition) is 4. The molecule has 0 fully saturated rings. The van der Waals surface area contributed by atoms with Crippen molar-refractivity contribution in [1.82, 2.24) is 5.32 Å². The minimum absolute atomic E-state index is 0.0880. The van der Waals surface area contributed by atoms with Crippen LogP contribution in [0.3, 0.4) is 0 Å². The first-order valence-electron chi connectivity index (χ1n) is 12.4. The zero-order valence-corrected chi connectivity index (χ0v) is 22.9. The number of aryl methyl sites for hydroxylation is 2. The largest absolute Gasteiger partial charge is 0.493 e. The quantitative estimate of drug-likeness (QED) is 0.307. The fourth-order valence-electron chi connectivity index (χ4n) is 4.26. The molecule has 36 heavy (non-hydrogen) atoms. The number of carbonyl (C=O) groups excluding carboxylic acids is 1. The number of thiophene rings is 1. The highest BCUT2D eigenvalue weighted by molar-refractivity contribution is 7.14. The van der Waals surface area contributed by atoms with E-state index in [2.05, 4.69) is 83.3 Å². The second kappa shape index (κ2) is 11.7. The van der Waals surface area contributed by atoms with Crippen LogP contribution >= 0.6 is 11.3 Å². The highest BCUT2D eigenvalue weighted by atomic mass is 32.1. The van der Waals surface area contributed by atoms with Crippen molar-refractivity contribution in [1.29, 1.82) is 0 Å². The van der Waals surface area contributed by atoms with E-state index in [9.17, 15) is 9.59 Å². The first kappa shape index (κ1) is 27.5. The fourth-order valence-corrected chi connectivity index (χ4v) is 5.35. The minimum Gasteiger partial charge on any atom is -0.493 e. The van der Waals surface area contributed by atoms with E-state index in [1.54, 1.807) is 6.07 Å². The van der Waals surface area contributed by atoms with E-state index in [0.717, 1.165) is 17.0 Å². The van der Waals surface area contributed by atoms with Crippen LogP contribution in [0.5, 0.6) is 5.75 Å². The van der Waals surface area contributed by atoms with Crippen LogP contribution in [0.1, 0.15) is 77.7 Å². The molecule has 0 radical (unpaired) electrons. The summed E-state index contributed by atoms with van der Waals surface area (Å²) in [4.78, 5) is 24.6. The SMILES string of the molecule is CCC(COc1cc(C)c(-c2ccc(C(C)(C)C)cc2)c(C)c1)c1ccc(C(=O)NCCC(=O)O)s1. The van der Waals surface area contributed by atoms with Gasteiger partial charge in [0, 0.05) is 17.3 Å². The Morgan fingerprint density at radius 3 is 2.22 bits per heavy atom. The molecule has 0 aliphatic carbocycles. The van der Waals surface area contributed by atoms with Crippen molar-refractivity contribution in [3.8, 4) is 16.9 Å². The van der Waals surface area contributed by atoms with E-state index in [-0.39, 0.29) is 30.2 Å². The average molecular weight is 508 g/mol. The molecule has 0 bridgehead atoms. The molecule has 0 spiro atoms. The van der Waals surface area contributed by atoms with Gasteiger partial charge >= 0.3 is 5.97 Å². The molecule has 1 unspecified atom stereocenters.